The maximum atomic E-state index is 13.0. The maximum absolute atomic E-state index is 13.0. The minimum absolute atomic E-state index is 0.273. The summed E-state index contributed by atoms with van der Waals surface area (Å²) in [5.74, 6) is -0.657. The second-order valence-corrected chi connectivity index (χ2v) is 4.72. The molecule has 0 aliphatic carbocycles. The third-order valence-electron chi connectivity index (χ3n) is 2.54. The van der Waals surface area contributed by atoms with Gasteiger partial charge in [-0.1, -0.05) is 6.07 Å². The van der Waals surface area contributed by atoms with Crippen LogP contribution < -0.4 is 5.32 Å². The summed E-state index contributed by atoms with van der Waals surface area (Å²) in [6, 6.07) is 7.47. The number of anilines is 1. The Morgan fingerprint density at radius 2 is 2.16 bits per heavy atom. The number of thiazole rings is 1. The van der Waals surface area contributed by atoms with E-state index in [0.717, 1.165) is 0 Å². The van der Waals surface area contributed by atoms with Crippen molar-refractivity contribution >= 4 is 33.3 Å². The number of hydrogen-bond donors (Lipinski definition) is 1. The number of hydrogen-bond acceptors (Lipinski definition) is 4. The minimum Gasteiger partial charge on any atom is -0.296 e. The summed E-state index contributed by atoms with van der Waals surface area (Å²) in [6.07, 6.45) is 1.61. The normalized spacial score (nSPS) is 10.6. The Labute approximate surface area is 111 Å². The van der Waals surface area contributed by atoms with Crippen molar-refractivity contribution in [3.63, 3.8) is 0 Å². The van der Waals surface area contributed by atoms with Gasteiger partial charge in [0.05, 0.1) is 5.52 Å². The fourth-order valence-electron chi connectivity index (χ4n) is 1.67. The highest BCUT2D eigenvalue weighted by Gasteiger charge is 2.10. The van der Waals surface area contributed by atoms with Crippen LogP contribution in [0.25, 0.3) is 10.9 Å². The van der Waals surface area contributed by atoms with Crippen molar-refractivity contribution in [3.05, 3.63) is 53.4 Å². The van der Waals surface area contributed by atoms with Crippen molar-refractivity contribution < 1.29 is 9.18 Å². The van der Waals surface area contributed by atoms with Gasteiger partial charge >= 0.3 is 0 Å². The lowest BCUT2D eigenvalue weighted by Crippen LogP contribution is -2.13. The summed E-state index contributed by atoms with van der Waals surface area (Å²) in [5, 5.41) is 5.59. The second kappa shape index (κ2) is 4.74. The SMILES string of the molecule is O=C(Nc1nccs1)c1ccc2cc(F)ccc2n1. The zero-order chi connectivity index (χ0) is 13.2. The molecule has 3 rings (SSSR count). The van der Waals surface area contributed by atoms with Crippen LogP contribution in [-0.2, 0) is 0 Å². The molecule has 1 aromatic carbocycles. The van der Waals surface area contributed by atoms with Crippen LogP contribution in [0.3, 0.4) is 0 Å². The summed E-state index contributed by atoms with van der Waals surface area (Å²) in [6.45, 7) is 0. The molecule has 0 aliphatic rings. The number of nitrogens with zero attached hydrogens (tertiary/aromatic N) is 2. The molecule has 1 N–H and O–H groups in total. The van der Waals surface area contributed by atoms with Crippen LogP contribution in [0.1, 0.15) is 10.5 Å². The van der Waals surface area contributed by atoms with E-state index in [9.17, 15) is 9.18 Å². The molecule has 2 heterocycles. The Hall–Kier alpha value is -2.34. The van der Waals surface area contributed by atoms with Gasteiger partial charge in [-0.3, -0.25) is 10.1 Å². The molecular formula is C13H8FN3OS. The van der Waals surface area contributed by atoms with Gasteiger partial charge in [0, 0.05) is 17.0 Å². The molecule has 1 amide bonds. The van der Waals surface area contributed by atoms with Gasteiger partial charge in [0.1, 0.15) is 11.5 Å². The van der Waals surface area contributed by atoms with Gasteiger partial charge in [-0.15, -0.1) is 11.3 Å². The van der Waals surface area contributed by atoms with Crippen molar-refractivity contribution in [2.24, 2.45) is 0 Å². The van der Waals surface area contributed by atoms with Crippen molar-refractivity contribution in [3.8, 4) is 0 Å². The van der Waals surface area contributed by atoms with E-state index >= 15 is 0 Å². The highest BCUT2D eigenvalue weighted by atomic mass is 32.1. The lowest BCUT2D eigenvalue weighted by molar-refractivity contribution is 0.102. The number of carbonyl (C=O) groups is 1. The molecule has 4 nitrogen and oxygen atoms in total. The monoisotopic (exact) mass is 273 g/mol. The third kappa shape index (κ3) is 2.43. The molecule has 0 radical (unpaired) electrons. The fraction of sp³-hybridized carbons (Fsp3) is 0. The standard InChI is InChI=1S/C13H8FN3OS/c14-9-2-4-10-8(7-9)1-3-11(16-10)12(18)17-13-15-5-6-19-13/h1-7H,(H,15,17,18). The number of rotatable bonds is 2. The second-order valence-electron chi connectivity index (χ2n) is 3.82. The number of amides is 1. The summed E-state index contributed by atoms with van der Waals surface area (Å²) < 4.78 is 13.0. The predicted molar refractivity (Wildman–Crippen MR) is 71.8 cm³/mol. The first-order valence-electron chi connectivity index (χ1n) is 5.49. The Balaban J connectivity index is 1.92. The largest absolute Gasteiger partial charge is 0.296 e. The van der Waals surface area contributed by atoms with E-state index in [4.69, 9.17) is 0 Å². The Morgan fingerprint density at radius 1 is 1.26 bits per heavy atom. The quantitative estimate of drug-likeness (QED) is 0.780. The minimum atomic E-state index is -0.332. The number of nitrogens with one attached hydrogen (secondary N) is 1. The van der Waals surface area contributed by atoms with E-state index < -0.39 is 0 Å². The predicted octanol–water partition coefficient (Wildman–Crippen LogP) is 3.08. The Morgan fingerprint density at radius 3 is 2.95 bits per heavy atom. The van der Waals surface area contributed by atoms with Crippen LogP contribution in [0, 0.1) is 5.82 Å². The Kier molecular flexibility index (Phi) is 2.92. The molecule has 19 heavy (non-hydrogen) atoms. The van der Waals surface area contributed by atoms with Crippen molar-refractivity contribution in [1.82, 2.24) is 9.97 Å². The first-order valence-corrected chi connectivity index (χ1v) is 6.37. The number of fused-ring (bicyclic) bond motifs is 1. The van der Waals surface area contributed by atoms with Gasteiger partial charge in [0.15, 0.2) is 5.13 Å². The van der Waals surface area contributed by atoms with Gasteiger partial charge in [-0.05, 0) is 24.3 Å². The summed E-state index contributed by atoms with van der Waals surface area (Å²) in [5.41, 5.74) is 0.850. The molecule has 0 saturated heterocycles. The molecule has 3 aromatic rings. The van der Waals surface area contributed by atoms with E-state index in [-0.39, 0.29) is 17.4 Å². The van der Waals surface area contributed by atoms with Crippen LogP contribution >= 0.6 is 11.3 Å². The van der Waals surface area contributed by atoms with E-state index in [1.807, 2.05) is 0 Å². The van der Waals surface area contributed by atoms with Crippen molar-refractivity contribution in [2.75, 3.05) is 5.32 Å². The first kappa shape index (κ1) is 11.7. The highest BCUT2D eigenvalue weighted by molar-refractivity contribution is 7.13. The Bertz CT molecular complexity index is 743. The molecule has 6 heteroatoms. The van der Waals surface area contributed by atoms with Crippen LogP contribution in [0.4, 0.5) is 9.52 Å². The zero-order valence-electron chi connectivity index (χ0n) is 9.63. The molecule has 0 bridgehead atoms. The van der Waals surface area contributed by atoms with Crippen LogP contribution in [-0.4, -0.2) is 15.9 Å². The summed E-state index contributed by atoms with van der Waals surface area (Å²) in [4.78, 5) is 20.1. The number of carbonyl (C=O) groups excluding carboxylic acids is 1. The van der Waals surface area contributed by atoms with E-state index in [2.05, 4.69) is 15.3 Å². The average molecular weight is 273 g/mol. The van der Waals surface area contributed by atoms with Crippen LogP contribution in [0.2, 0.25) is 0 Å². The zero-order valence-corrected chi connectivity index (χ0v) is 10.4. The van der Waals surface area contributed by atoms with Crippen LogP contribution in [0.15, 0.2) is 41.9 Å². The number of aromatic nitrogens is 2. The maximum Gasteiger partial charge on any atom is 0.276 e. The lowest BCUT2D eigenvalue weighted by Gasteiger charge is -2.03. The van der Waals surface area contributed by atoms with Gasteiger partial charge in [-0.25, -0.2) is 14.4 Å². The number of pyridine rings is 1. The molecule has 94 valence electrons. The first-order chi connectivity index (χ1) is 9.22. The van der Waals surface area contributed by atoms with Gasteiger partial charge in [-0.2, -0.15) is 0 Å². The van der Waals surface area contributed by atoms with Crippen molar-refractivity contribution in [2.45, 2.75) is 0 Å². The van der Waals surface area contributed by atoms with Gasteiger partial charge < -0.3 is 0 Å². The van der Waals surface area contributed by atoms with Gasteiger partial charge in [0.25, 0.3) is 5.91 Å². The van der Waals surface area contributed by atoms with E-state index in [1.54, 1.807) is 29.8 Å². The number of halogens is 1. The number of benzene rings is 1. The van der Waals surface area contributed by atoms with Crippen molar-refractivity contribution in [1.29, 1.82) is 0 Å². The summed E-state index contributed by atoms with van der Waals surface area (Å²) >= 11 is 1.33. The molecule has 0 atom stereocenters. The molecule has 0 fully saturated rings. The average Bonchev–Trinajstić information content (AvgIpc) is 2.91. The molecule has 0 spiro atoms. The molecular weight excluding hydrogens is 265 g/mol. The van der Waals surface area contributed by atoms with E-state index in [1.165, 1.54) is 23.5 Å². The topological polar surface area (TPSA) is 54.9 Å². The highest BCUT2D eigenvalue weighted by Crippen LogP contribution is 2.16. The fourth-order valence-corrected chi connectivity index (χ4v) is 2.19. The third-order valence-corrected chi connectivity index (χ3v) is 3.23. The lowest BCUT2D eigenvalue weighted by atomic mass is 10.2. The van der Waals surface area contributed by atoms with E-state index in [0.29, 0.717) is 16.0 Å². The molecule has 2 aromatic heterocycles. The molecule has 0 unspecified atom stereocenters. The summed E-state index contributed by atoms with van der Waals surface area (Å²) in [7, 11) is 0. The van der Waals surface area contributed by atoms with Gasteiger partial charge in [0.2, 0.25) is 0 Å². The smallest absolute Gasteiger partial charge is 0.276 e. The van der Waals surface area contributed by atoms with Crippen LogP contribution in [0.5, 0.6) is 0 Å². The molecule has 0 saturated carbocycles. The molecule has 0 aliphatic heterocycles.